The third kappa shape index (κ3) is 2.58. The number of benzene rings is 1. The van der Waals surface area contributed by atoms with E-state index in [-0.39, 0.29) is 11.8 Å². The van der Waals surface area contributed by atoms with Crippen LogP contribution in [-0.2, 0) is 4.79 Å². The lowest BCUT2D eigenvalue weighted by atomic mass is 9.49. The summed E-state index contributed by atoms with van der Waals surface area (Å²) < 4.78 is 0. The normalized spacial score (nSPS) is 42.1. The van der Waals surface area contributed by atoms with Crippen LogP contribution in [0.5, 0.6) is 0 Å². The van der Waals surface area contributed by atoms with Crippen molar-refractivity contribution in [2.24, 2.45) is 29.1 Å². The van der Waals surface area contributed by atoms with Crippen molar-refractivity contribution in [1.82, 2.24) is 5.32 Å². The Bertz CT molecular complexity index is 634. The molecule has 5 fully saturated rings. The van der Waals surface area contributed by atoms with Gasteiger partial charge in [0.1, 0.15) is 0 Å². The van der Waals surface area contributed by atoms with Gasteiger partial charge in [-0.2, -0.15) is 0 Å². The van der Waals surface area contributed by atoms with Crippen molar-refractivity contribution in [2.45, 2.75) is 50.9 Å². The van der Waals surface area contributed by atoms with E-state index in [1.54, 1.807) is 0 Å². The van der Waals surface area contributed by atoms with Crippen LogP contribution in [0.25, 0.3) is 0 Å². The lowest BCUT2D eigenvalue weighted by Gasteiger charge is -2.56. The Hall–Kier alpha value is -1.02. The van der Waals surface area contributed by atoms with E-state index in [2.05, 4.69) is 11.4 Å². The first-order valence-electron chi connectivity index (χ1n) is 9.64. The number of hydrogen-bond acceptors (Lipinski definition) is 1. The molecule has 24 heavy (non-hydrogen) atoms. The predicted octanol–water partition coefficient (Wildman–Crippen LogP) is 4.78. The van der Waals surface area contributed by atoms with Crippen LogP contribution in [0.1, 0.15) is 56.4 Å². The highest BCUT2D eigenvalue weighted by molar-refractivity contribution is 6.31. The van der Waals surface area contributed by atoms with E-state index in [9.17, 15) is 4.79 Å². The molecule has 0 saturated heterocycles. The molecule has 5 aliphatic rings. The van der Waals surface area contributed by atoms with Crippen LogP contribution in [-0.4, -0.2) is 12.5 Å². The largest absolute Gasteiger partial charge is 0.355 e. The van der Waals surface area contributed by atoms with Gasteiger partial charge in [-0.05, 0) is 85.7 Å². The first kappa shape index (κ1) is 15.3. The molecule has 128 valence electrons. The molecule has 3 heteroatoms. The summed E-state index contributed by atoms with van der Waals surface area (Å²) in [6.45, 7) is 0.918. The number of rotatable bonds is 4. The van der Waals surface area contributed by atoms with Gasteiger partial charge in [-0.3, -0.25) is 4.79 Å². The molecule has 1 aromatic carbocycles. The van der Waals surface area contributed by atoms with Crippen LogP contribution in [0, 0.1) is 29.1 Å². The van der Waals surface area contributed by atoms with Crippen molar-refractivity contribution in [3.63, 3.8) is 0 Å². The second-order valence-electron chi connectivity index (χ2n) is 9.11. The number of nitrogens with one attached hydrogen (secondary N) is 1. The Morgan fingerprint density at radius 1 is 1.04 bits per heavy atom. The molecule has 5 aliphatic carbocycles. The SMILES string of the molecule is O=C(NCC12CC3CC(CC(C3)C1)C2)C1CC1c1ccccc1Cl. The minimum absolute atomic E-state index is 0.138. The summed E-state index contributed by atoms with van der Waals surface area (Å²) >= 11 is 6.29. The van der Waals surface area contributed by atoms with E-state index < -0.39 is 0 Å². The number of amides is 1. The number of carbonyl (C=O) groups excluding carboxylic acids is 1. The van der Waals surface area contributed by atoms with Crippen LogP contribution >= 0.6 is 11.6 Å². The fourth-order valence-electron chi connectivity index (χ4n) is 6.52. The molecular weight excluding hydrogens is 318 g/mol. The van der Waals surface area contributed by atoms with Crippen LogP contribution in [0.15, 0.2) is 24.3 Å². The first-order chi connectivity index (χ1) is 11.6. The van der Waals surface area contributed by atoms with Gasteiger partial charge in [0.05, 0.1) is 0 Å². The van der Waals surface area contributed by atoms with Crippen LogP contribution in [0.3, 0.4) is 0 Å². The van der Waals surface area contributed by atoms with Gasteiger partial charge in [0, 0.05) is 17.5 Å². The highest BCUT2D eigenvalue weighted by atomic mass is 35.5. The van der Waals surface area contributed by atoms with Gasteiger partial charge in [-0.25, -0.2) is 0 Å². The molecule has 4 bridgehead atoms. The van der Waals surface area contributed by atoms with E-state index >= 15 is 0 Å². The van der Waals surface area contributed by atoms with Gasteiger partial charge in [0.15, 0.2) is 0 Å². The molecule has 1 amide bonds. The summed E-state index contributed by atoms with van der Waals surface area (Å²) in [5.74, 6) is 3.57. The Balaban J connectivity index is 1.21. The van der Waals surface area contributed by atoms with Crippen molar-refractivity contribution >= 4 is 17.5 Å². The molecule has 0 radical (unpaired) electrons. The Morgan fingerprint density at radius 2 is 1.67 bits per heavy atom. The van der Waals surface area contributed by atoms with Gasteiger partial charge in [0.2, 0.25) is 5.91 Å². The zero-order valence-electron chi connectivity index (χ0n) is 14.1. The van der Waals surface area contributed by atoms with Crippen LogP contribution < -0.4 is 5.32 Å². The molecule has 2 unspecified atom stereocenters. The van der Waals surface area contributed by atoms with E-state index in [0.29, 0.717) is 11.3 Å². The third-order valence-electron chi connectivity index (χ3n) is 7.23. The van der Waals surface area contributed by atoms with Gasteiger partial charge < -0.3 is 5.32 Å². The summed E-state index contributed by atoms with van der Waals surface area (Å²) in [5.41, 5.74) is 1.58. The maximum Gasteiger partial charge on any atom is 0.223 e. The molecular formula is C21H26ClNO. The maximum absolute atomic E-state index is 12.6. The molecule has 0 heterocycles. The Morgan fingerprint density at radius 3 is 2.29 bits per heavy atom. The molecule has 1 aromatic rings. The van der Waals surface area contributed by atoms with Crippen molar-refractivity contribution in [3.8, 4) is 0 Å². The van der Waals surface area contributed by atoms with Crippen LogP contribution in [0.4, 0.5) is 0 Å². The summed E-state index contributed by atoms with van der Waals surface area (Å²) in [4.78, 5) is 12.6. The summed E-state index contributed by atoms with van der Waals surface area (Å²) in [5, 5.41) is 4.14. The fraction of sp³-hybridized carbons (Fsp3) is 0.667. The molecule has 0 spiro atoms. The summed E-state index contributed by atoms with van der Waals surface area (Å²) in [6, 6.07) is 7.97. The topological polar surface area (TPSA) is 29.1 Å². The van der Waals surface area contributed by atoms with Gasteiger partial charge >= 0.3 is 0 Å². The third-order valence-corrected chi connectivity index (χ3v) is 7.58. The molecule has 0 aromatic heterocycles. The highest BCUT2D eigenvalue weighted by Gasteiger charge is 2.51. The fourth-order valence-corrected chi connectivity index (χ4v) is 6.79. The summed E-state index contributed by atoms with van der Waals surface area (Å²) in [7, 11) is 0. The Labute approximate surface area is 149 Å². The van der Waals surface area contributed by atoms with E-state index in [4.69, 9.17) is 11.6 Å². The van der Waals surface area contributed by atoms with E-state index in [0.717, 1.165) is 41.3 Å². The minimum atomic E-state index is 0.138. The lowest BCUT2D eigenvalue weighted by Crippen LogP contribution is -2.51. The zero-order chi connectivity index (χ0) is 16.3. The monoisotopic (exact) mass is 343 g/mol. The van der Waals surface area contributed by atoms with Gasteiger partial charge in [0.25, 0.3) is 0 Å². The number of carbonyl (C=O) groups is 1. The predicted molar refractivity (Wildman–Crippen MR) is 95.9 cm³/mol. The number of hydrogen-bond donors (Lipinski definition) is 1. The smallest absolute Gasteiger partial charge is 0.223 e. The van der Waals surface area contributed by atoms with Crippen molar-refractivity contribution < 1.29 is 4.79 Å². The molecule has 2 atom stereocenters. The van der Waals surface area contributed by atoms with Crippen molar-refractivity contribution in [1.29, 1.82) is 0 Å². The average molecular weight is 344 g/mol. The molecule has 2 nitrogen and oxygen atoms in total. The number of halogens is 1. The minimum Gasteiger partial charge on any atom is -0.355 e. The average Bonchev–Trinajstić information content (AvgIpc) is 3.32. The first-order valence-corrected chi connectivity index (χ1v) is 10.0. The lowest BCUT2D eigenvalue weighted by molar-refractivity contribution is -0.124. The summed E-state index contributed by atoms with van der Waals surface area (Å²) in [6.07, 6.45) is 9.42. The van der Waals surface area contributed by atoms with Crippen molar-refractivity contribution in [2.75, 3.05) is 6.54 Å². The molecule has 1 N–H and O–H groups in total. The van der Waals surface area contributed by atoms with Crippen LogP contribution in [0.2, 0.25) is 5.02 Å². The second kappa shape index (κ2) is 5.49. The molecule has 5 saturated carbocycles. The van der Waals surface area contributed by atoms with Crippen molar-refractivity contribution in [3.05, 3.63) is 34.9 Å². The molecule has 0 aliphatic heterocycles. The quantitative estimate of drug-likeness (QED) is 0.837. The zero-order valence-corrected chi connectivity index (χ0v) is 14.9. The van der Waals surface area contributed by atoms with Gasteiger partial charge in [-0.15, -0.1) is 0 Å². The van der Waals surface area contributed by atoms with E-state index in [1.807, 2.05) is 18.2 Å². The van der Waals surface area contributed by atoms with E-state index in [1.165, 1.54) is 38.5 Å². The standard InChI is InChI=1S/C21H26ClNO/c22-19-4-2-1-3-16(19)17-8-18(17)20(24)23-12-21-9-13-5-14(10-21)7-15(6-13)11-21/h1-4,13-15,17-18H,5-12H2,(H,23,24). The maximum atomic E-state index is 12.6. The Kier molecular flexibility index (Phi) is 3.49. The van der Waals surface area contributed by atoms with Gasteiger partial charge in [-0.1, -0.05) is 29.8 Å². The highest BCUT2D eigenvalue weighted by Crippen LogP contribution is 2.59. The second-order valence-corrected chi connectivity index (χ2v) is 9.51. The molecule has 6 rings (SSSR count).